The van der Waals surface area contributed by atoms with Crippen LogP contribution < -0.4 is 11.1 Å². The molecule has 2 amide bonds. The average molecular weight is 299 g/mol. The molecule has 0 aliphatic heterocycles. The van der Waals surface area contributed by atoms with Crippen molar-refractivity contribution < 1.29 is 18.0 Å². The van der Waals surface area contributed by atoms with Crippen molar-refractivity contribution in [2.75, 3.05) is 20.6 Å². The molecule has 110 valence electrons. The van der Waals surface area contributed by atoms with Crippen LogP contribution in [0.1, 0.15) is 15.9 Å². The molecule has 1 aromatic rings. The Labute approximate surface area is 117 Å². The van der Waals surface area contributed by atoms with E-state index in [1.54, 1.807) is 6.92 Å². The van der Waals surface area contributed by atoms with E-state index >= 15 is 0 Å². The molecule has 0 aliphatic rings. The lowest BCUT2D eigenvalue weighted by Gasteiger charge is -2.17. The quantitative estimate of drug-likeness (QED) is 0.761. The summed E-state index contributed by atoms with van der Waals surface area (Å²) in [5.41, 5.74) is 5.92. The Morgan fingerprint density at radius 2 is 1.95 bits per heavy atom. The van der Waals surface area contributed by atoms with Gasteiger partial charge >= 0.3 is 0 Å². The highest BCUT2D eigenvalue weighted by Crippen LogP contribution is 2.18. The molecule has 1 rings (SSSR count). The van der Waals surface area contributed by atoms with Crippen LogP contribution in [0.15, 0.2) is 23.1 Å². The highest BCUT2D eigenvalue weighted by Gasteiger charge is 2.23. The van der Waals surface area contributed by atoms with Gasteiger partial charge in [0.25, 0.3) is 0 Å². The summed E-state index contributed by atoms with van der Waals surface area (Å²) >= 11 is 0. The number of hydrogen-bond donors (Lipinski definition) is 2. The van der Waals surface area contributed by atoms with Gasteiger partial charge < -0.3 is 11.1 Å². The van der Waals surface area contributed by atoms with Crippen molar-refractivity contribution in [3.63, 3.8) is 0 Å². The van der Waals surface area contributed by atoms with E-state index in [1.807, 2.05) is 0 Å². The number of aryl methyl sites for hydroxylation is 1. The largest absolute Gasteiger partial charge is 0.366 e. The van der Waals surface area contributed by atoms with E-state index in [0.717, 1.165) is 4.31 Å². The highest BCUT2D eigenvalue weighted by atomic mass is 32.2. The summed E-state index contributed by atoms with van der Waals surface area (Å²) in [7, 11) is -1.15. The first-order valence-corrected chi connectivity index (χ1v) is 7.21. The molecule has 0 spiro atoms. The molecule has 1 aromatic carbocycles. The van der Waals surface area contributed by atoms with Crippen molar-refractivity contribution >= 4 is 21.8 Å². The van der Waals surface area contributed by atoms with E-state index in [2.05, 4.69) is 5.32 Å². The minimum Gasteiger partial charge on any atom is -0.366 e. The van der Waals surface area contributed by atoms with Gasteiger partial charge in [0.1, 0.15) is 0 Å². The second-order valence-corrected chi connectivity index (χ2v) is 6.32. The van der Waals surface area contributed by atoms with Gasteiger partial charge in [0, 0.05) is 19.7 Å². The maximum absolute atomic E-state index is 12.3. The van der Waals surface area contributed by atoms with Gasteiger partial charge in [-0.3, -0.25) is 9.59 Å². The summed E-state index contributed by atoms with van der Waals surface area (Å²) in [5, 5.41) is 2.34. The fraction of sp³-hybridized carbons (Fsp3) is 0.333. The minimum absolute atomic E-state index is 0.0803. The smallest absolute Gasteiger partial charge is 0.249 e. The van der Waals surface area contributed by atoms with Crippen LogP contribution in [0.3, 0.4) is 0 Å². The number of hydrogen-bond acceptors (Lipinski definition) is 4. The molecule has 3 N–H and O–H groups in total. The Kier molecular flexibility index (Phi) is 4.85. The third-order valence-electron chi connectivity index (χ3n) is 2.83. The monoisotopic (exact) mass is 299 g/mol. The number of nitrogens with zero attached hydrogens (tertiary/aromatic N) is 1. The molecule has 0 aliphatic carbocycles. The number of rotatable bonds is 5. The lowest BCUT2D eigenvalue weighted by atomic mass is 10.1. The number of nitrogens with one attached hydrogen (secondary N) is 1. The van der Waals surface area contributed by atoms with Crippen molar-refractivity contribution in [2.45, 2.75) is 11.8 Å². The molecule has 7 nitrogen and oxygen atoms in total. The maximum atomic E-state index is 12.3. The molecule has 0 unspecified atom stereocenters. The zero-order valence-electron chi connectivity index (χ0n) is 11.5. The zero-order valence-corrected chi connectivity index (χ0v) is 12.3. The fourth-order valence-corrected chi connectivity index (χ4v) is 2.73. The van der Waals surface area contributed by atoms with Crippen molar-refractivity contribution in [3.8, 4) is 0 Å². The second kappa shape index (κ2) is 6.02. The predicted octanol–water partition coefficient (Wildman–Crippen LogP) is -0.540. The van der Waals surface area contributed by atoms with Crippen LogP contribution in [0.5, 0.6) is 0 Å². The molecule has 8 heteroatoms. The first-order chi connectivity index (χ1) is 9.20. The Bertz CT molecular complexity index is 640. The Morgan fingerprint density at radius 1 is 1.35 bits per heavy atom. The van der Waals surface area contributed by atoms with Gasteiger partial charge in [-0.1, -0.05) is 6.07 Å². The first-order valence-electron chi connectivity index (χ1n) is 5.77. The third kappa shape index (κ3) is 3.34. The first kappa shape index (κ1) is 16.1. The lowest BCUT2D eigenvalue weighted by Crippen LogP contribution is -2.37. The maximum Gasteiger partial charge on any atom is 0.249 e. The number of carbonyl (C=O) groups is 2. The van der Waals surface area contributed by atoms with Gasteiger partial charge in [0.05, 0.1) is 11.4 Å². The standard InChI is InChI=1S/C12H17N3O4S/c1-8-4-5-9(6-10(8)12(13)17)20(18,19)15(3)7-11(16)14-2/h4-6H,7H2,1-3H3,(H2,13,17)(H,14,16). The van der Waals surface area contributed by atoms with Crippen molar-refractivity contribution in [2.24, 2.45) is 5.73 Å². The van der Waals surface area contributed by atoms with Crippen LogP contribution in [-0.2, 0) is 14.8 Å². The molecule has 0 saturated carbocycles. The lowest BCUT2D eigenvalue weighted by molar-refractivity contribution is -0.120. The number of sulfonamides is 1. The topological polar surface area (TPSA) is 110 Å². The van der Waals surface area contributed by atoms with Gasteiger partial charge in [-0.2, -0.15) is 4.31 Å². The second-order valence-electron chi connectivity index (χ2n) is 4.28. The van der Waals surface area contributed by atoms with Crippen LogP contribution in [-0.4, -0.2) is 45.2 Å². The van der Waals surface area contributed by atoms with Crippen molar-refractivity contribution in [1.29, 1.82) is 0 Å². The Hall–Kier alpha value is -1.93. The SMILES string of the molecule is CNC(=O)CN(C)S(=O)(=O)c1ccc(C)c(C(N)=O)c1. The summed E-state index contributed by atoms with van der Waals surface area (Å²) in [4.78, 5) is 22.4. The highest BCUT2D eigenvalue weighted by molar-refractivity contribution is 7.89. The van der Waals surface area contributed by atoms with Gasteiger partial charge in [-0.25, -0.2) is 8.42 Å². The Morgan fingerprint density at radius 3 is 2.45 bits per heavy atom. The van der Waals surface area contributed by atoms with E-state index < -0.39 is 21.8 Å². The summed E-state index contributed by atoms with van der Waals surface area (Å²) in [6, 6.07) is 4.09. The summed E-state index contributed by atoms with van der Waals surface area (Å²) < 4.78 is 25.4. The molecule has 0 bridgehead atoms. The van der Waals surface area contributed by atoms with Crippen LogP contribution in [0.4, 0.5) is 0 Å². The number of carbonyl (C=O) groups excluding carboxylic acids is 2. The molecule has 0 radical (unpaired) electrons. The molecule has 0 atom stereocenters. The molecular formula is C12H17N3O4S. The summed E-state index contributed by atoms with van der Waals surface area (Å²) in [6.45, 7) is 1.35. The van der Waals surface area contributed by atoms with E-state index in [9.17, 15) is 18.0 Å². The van der Waals surface area contributed by atoms with Gasteiger partial charge in [0.2, 0.25) is 21.8 Å². The number of benzene rings is 1. The van der Waals surface area contributed by atoms with Crippen molar-refractivity contribution in [3.05, 3.63) is 29.3 Å². The number of likely N-dealkylation sites (N-methyl/N-ethyl adjacent to an activating group) is 2. The van der Waals surface area contributed by atoms with Crippen LogP contribution >= 0.6 is 0 Å². The molecule has 0 saturated heterocycles. The minimum atomic E-state index is -3.85. The molecule has 0 aromatic heterocycles. The van der Waals surface area contributed by atoms with Crippen LogP contribution in [0, 0.1) is 6.92 Å². The number of primary amides is 1. The number of nitrogens with two attached hydrogens (primary N) is 1. The number of amides is 2. The van der Waals surface area contributed by atoms with E-state index in [0.29, 0.717) is 5.56 Å². The molecular weight excluding hydrogens is 282 g/mol. The average Bonchev–Trinajstić information content (AvgIpc) is 2.38. The van der Waals surface area contributed by atoms with Gasteiger partial charge in [0.15, 0.2) is 0 Å². The van der Waals surface area contributed by atoms with E-state index in [-0.39, 0.29) is 17.0 Å². The van der Waals surface area contributed by atoms with Crippen LogP contribution in [0.25, 0.3) is 0 Å². The molecule has 20 heavy (non-hydrogen) atoms. The Balaban J connectivity index is 3.19. The van der Waals surface area contributed by atoms with Gasteiger partial charge in [-0.05, 0) is 24.6 Å². The molecule has 0 heterocycles. The normalized spacial score (nSPS) is 11.4. The zero-order chi connectivity index (χ0) is 15.5. The van der Waals surface area contributed by atoms with Crippen molar-refractivity contribution in [1.82, 2.24) is 9.62 Å². The third-order valence-corrected chi connectivity index (χ3v) is 4.63. The van der Waals surface area contributed by atoms with E-state index in [1.165, 1.54) is 32.3 Å². The van der Waals surface area contributed by atoms with Crippen LogP contribution in [0.2, 0.25) is 0 Å². The predicted molar refractivity (Wildman–Crippen MR) is 73.6 cm³/mol. The van der Waals surface area contributed by atoms with E-state index in [4.69, 9.17) is 5.73 Å². The summed E-state index contributed by atoms with van der Waals surface area (Å²) in [5.74, 6) is -1.13. The molecule has 0 fully saturated rings. The summed E-state index contributed by atoms with van der Waals surface area (Å²) in [6.07, 6.45) is 0. The fourth-order valence-electron chi connectivity index (χ4n) is 1.57. The van der Waals surface area contributed by atoms with Gasteiger partial charge in [-0.15, -0.1) is 0 Å².